The van der Waals surface area contributed by atoms with Gasteiger partial charge in [0, 0.05) is 22.1 Å². The van der Waals surface area contributed by atoms with Crippen molar-refractivity contribution < 1.29 is 13.5 Å². The van der Waals surface area contributed by atoms with Gasteiger partial charge in [0.25, 0.3) is 10.0 Å². The molecule has 1 unspecified atom stereocenters. The Bertz CT molecular complexity index is 1370. The number of hydrogen-bond donors (Lipinski definition) is 2. The maximum atomic E-state index is 13.0. The molecule has 0 saturated carbocycles. The number of thiophene rings is 1. The van der Waals surface area contributed by atoms with Crippen LogP contribution in [0, 0.1) is 18.8 Å². The van der Waals surface area contributed by atoms with Crippen LogP contribution in [0.1, 0.15) is 22.3 Å². The van der Waals surface area contributed by atoms with Gasteiger partial charge in [-0.1, -0.05) is 78.1 Å². The molecule has 0 aliphatic carbocycles. The molecule has 0 aliphatic rings. The van der Waals surface area contributed by atoms with Gasteiger partial charge in [0.1, 0.15) is 0 Å². The number of para-hydroxylation sites is 1. The molecule has 0 fully saturated rings. The summed E-state index contributed by atoms with van der Waals surface area (Å²) < 4.78 is 28.7. The van der Waals surface area contributed by atoms with Crippen LogP contribution < -0.4 is 4.72 Å². The summed E-state index contributed by atoms with van der Waals surface area (Å²) >= 11 is 1.52. The van der Waals surface area contributed by atoms with Crippen molar-refractivity contribution in [1.82, 2.24) is 0 Å². The molecule has 32 heavy (non-hydrogen) atoms. The lowest BCUT2D eigenvalue weighted by molar-refractivity contribution is 0.146. The maximum Gasteiger partial charge on any atom is 0.261 e. The lowest BCUT2D eigenvalue weighted by Crippen LogP contribution is -2.27. The molecule has 6 heteroatoms. The van der Waals surface area contributed by atoms with Crippen molar-refractivity contribution in [3.8, 4) is 11.8 Å². The Morgan fingerprint density at radius 3 is 2.28 bits per heavy atom. The van der Waals surface area contributed by atoms with Crippen molar-refractivity contribution in [2.75, 3.05) is 4.72 Å². The van der Waals surface area contributed by atoms with Crippen LogP contribution in [0.2, 0.25) is 0 Å². The van der Waals surface area contributed by atoms with Gasteiger partial charge in [-0.2, -0.15) is 11.3 Å². The lowest BCUT2D eigenvalue weighted by atomic mass is 9.85. The fraction of sp³-hybridized carbons (Fsp3) is 0.0769. The van der Waals surface area contributed by atoms with Gasteiger partial charge >= 0.3 is 0 Å². The van der Waals surface area contributed by atoms with Gasteiger partial charge in [-0.15, -0.1) is 0 Å². The van der Waals surface area contributed by atoms with E-state index in [2.05, 4.69) is 16.6 Å². The molecule has 1 aromatic heterocycles. The van der Waals surface area contributed by atoms with Gasteiger partial charge < -0.3 is 5.11 Å². The van der Waals surface area contributed by atoms with Crippen LogP contribution in [-0.2, 0) is 15.6 Å². The van der Waals surface area contributed by atoms with Crippen molar-refractivity contribution in [3.63, 3.8) is 0 Å². The number of hydrogen-bond acceptors (Lipinski definition) is 4. The zero-order valence-corrected chi connectivity index (χ0v) is 19.0. The molecule has 1 atom stereocenters. The van der Waals surface area contributed by atoms with E-state index in [-0.39, 0.29) is 10.6 Å². The summed E-state index contributed by atoms with van der Waals surface area (Å²) in [4.78, 5) is 0.144. The Balaban J connectivity index is 1.82. The zero-order valence-electron chi connectivity index (χ0n) is 17.3. The second-order valence-corrected chi connectivity index (χ2v) is 9.77. The topological polar surface area (TPSA) is 66.4 Å². The molecule has 1 heterocycles. The van der Waals surface area contributed by atoms with Crippen LogP contribution in [0.5, 0.6) is 0 Å². The number of benzene rings is 3. The molecule has 160 valence electrons. The first kappa shape index (κ1) is 21.8. The summed E-state index contributed by atoms with van der Waals surface area (Å²) in [5.41, 5.74) is 1.18. The second kappa shape index (κ2) is 9.01. The minimum Gasteiger partial charge on any atom is -0.369 e. The first-order chi connectivity index (χ1) is 15.4. The van der Waals surface area contributed by atoms with Gasteiger partial charge in [-0.05, 0) is 36.6 Å². The molecule has 0 aliphatic heterocycles. The third-order valence-corrected chi connectivity index (χ3v) is 7.06. The molecule has 4 aromatic rings. The van der Waals surface area contributed by atoms with Crippen molar-refractivity contribution in [3.05, 3.63) is 118 Å². The van der Waals surface area contributed by atoms with E-state index in [4.69, 9.17) is 0 Å². The van der Waals surface area contributed by atoms with Gasteiger partial charge in [-0.3, -0.25) is 4.72 Å². The number of aryl methyl sites for hydroxylation is 1. The number of sulfonamides is 1. The predicted octanol–water partition coefficient (Wildman–Crippen LogP) is 5.14. The molecule has 3 aromatic carbocycles. The normalized spacial score (nSPS) is 12.9. The minimum absolute atomic E-state index is 0.144. The first-order valence-electron chi connectivity index (χ1n) is 9.91. The molecule has 0 radical (unpaired) electrons. The van der Waals surface area contributed by atoms with E-state index in [1.807, 2.05) is 41.9 Å². The summed E-state index contributed by atoms with van der Waals surface area (Å²) in [6.07, 6.45) is 0. The van der Waals surface area contributed by atoms with Crippen molar-refractivity contribution in [2.45, 2.75) is 17.4 Å². The van der Waals surface area contributed by atoms with Gasteiger partial charge in [0.05, 0.1) is 10.6 Å². The van der Waals surface area contributed by atoms with Crippen LogP contribution in [0.25, 0.3) is 0 Å². The lowest BCUT2D eigenvalue weighted by Gasteiger charge is -2.26. The summed E-state index contributed by atoms with van der Waals surface area (Å²) in [6, 6.07) is 24.3. The highest BCUT2D eigenvalue weighted by Gasteiger charge is 2.33. The van der Waals surface area contributed by atoms with Crippen LogP contribution in [0.15, 0.2) is 101 Å². The van der Waals surface area contributed by atoms with E-state index in [1.54, 1.807) is 60.7 Å². The molecular weight excluding hydrogens is 438 g/mol. The van der Waals surface area contributed by atoms with Crippen LogP contribution >= 0.6 is 11.3 Å². The SMILES string of the molecule is Cc1ccc(S(=O)(=O)Nc2ccccc2C(O)(C#Cc2ccsc2)c2ccccc2)cc1. The van der Waals surface area contributed by atoms with Crippen LogP contribution in [0.3, 0.4) is 0 Å². The van der Waals surface area contributed by atoms with E-state index in [9.17, 15) is 13.5 Å². The Morgan fingerprint density at radius 1 is 0.906 bits per heavy atom. The molecule has 0 spiro atoms. The minimum atomic E-state index is -3.86. The highest BCUT2D eigenvalue weighted by molar-refractivity contribution is 7.92. The fourth-order valence-corrected chi connectivity index (χ4v) is 4.95. The first-order valence-corrected chi connectivity index (χ1v) is 12.3. The second-order valence-electron chi connectivity index (χ2n) is 7.30. The fourth-order valence-electron chi connectivity index (χ4n) is 3.28. The number of nitrogens with one attached hydrogen (secondary N) is 1. The van der Waals surface area contributed by atoms with E-state index >= 15 is 0 Å². The highest BCUT2D eigenvalue weighted by Crippen LogP contribution is 2.35. The number of anilines is 1. The Hall–Kier alpha value is -3.37. The Labute approximate surface area is 192 Å². The third-order valence-electron chi connectivity index (χ3n) is 4.99. The molecule has 4 rings (SSSR count). The molecular formula is C26H21NO3S2. The largest absolute Gasteiger partial charge is 0.369 e. The molecule has 4 nitrogen and oxygen atoms in total. The van der Waals surface area contributed by atoms with Gasteiger partial charge in [0.15, 0.2) is 5.60 Å². The standard InChI is InChI=1S/C26H21NO3S2/c1-20-11-13-23(14-12-20)32(29,30)27-25-10-6-5-9-24(25)26(28,22-7-3-2-4-8-22)17-15-21-16-18-31-19-21/h2-14,16,18-19,27-28H,1H3. The summed E-state index contributed by atoms with van der Waals surface area (Å²) in [7, 11) is -3.86. The van der Waals surface area contributed by atoms with Gasteiger partial charge in [0.2, 0.25) is 0 Å². The van der Waals surface area contributed by atoms with E-state index in [0.29, 0.717) is 11.1 Å². The van der Waals surface area contributed by atoms with Crippen LogP contribution in [0.4, 0.5) is 5.69 Å². The van der Waals surface area contributed by atoms with Crippen molar-refractivity contribution in [2.24, 2.45) is 0 Å². The molecule has 0 saturated heterocycles. The van der Waals surface area contributed by atoms with Crippen LogP contribution in [-0.4, -0.2) is 13.5 Å². The Kier molecular flexibility index (Phi) is 6.15. The molecule has 2 N–H and O–H groups in total. The average Bonchev–Trinajstić information content (AvgIpc) is 3.32. The Morgan fingerprint density at radius 2 is 1.59 bits per heavy atom. The summed E-state index contributed by atoms with van der Waals surface area (Å²) in [5, 5.41) is 15.6. The number of aliphatic hydroxyl groups is 1. The monoisotopic (exact) mass is 459 g/mol. The van der Waals surface area contributed by atoms with E-state index in [0.717, 1.165) is 11.1 Å². The highest BCUT2D eigenvalue weighted by atomic mass is 32.2. The number of rotatable bonds is 5. The van der Waals surface area contributed by atoms with E-state index < -0.39 is 15.6 Å². The molecule has 0 amide bonds. The predicted molar refractivity (Wildman–Crippen MR) is 129 cm³/mol. The van der Waals surface area contributed by atoms with Crippen molar-refractivity contribution in [1.29, 1.82) is 0 Å². The zero-order chi connectivity index (χ0) is 22.6. The quantitative estimate of drug-likeness (QED) is 0.406. The van der Waals surface area contributed by atoms with E-state index in [1.165, 1.54) is 11.3 Å². The maximum absolute atomic E-state index is 13.0. The van der Waals surface area contributed by atoms with Crippen molar-refractivity contribution >= 4 is 27.0 Å². The van der Waals surface area contributed by atoms with Gasteiger partial charge in [-0.25, -0.2) is 8.42 Å². The molecule has 0 bridgehead atoms. The average molecular weight is 460 g/mol. The third kappa shape index (κ3) is 4.61. The summed E-state index contributed by atoms with van der Waals surface area (Å²) in [6.45, 7) is 1.89. The smallest absolute Gasteiger partial charge is 0.261 e. The summed E-state index contributed by atoms with van der Waals surface area (Å²) in [5.74, 6) is 6.01.